The molecule has 1 heterocycles. The highest BCUT2D eigenvalue weighted by molar-refractivity contribution is 5.36. The van der Waals surface area contributed by atoms with Gasteiger partial charge in [-0.05, 0) is 24.8 Å². The van der Waals surface area contributed by atoms with Crippen LogP contribution in [0.2, 0.25) is 0 Å². The lowest BCUT2D eigenvalue weighted by Gasteiger charge is -2.26. The minimum Gasteiger partial charge on any atom is -0.340 e. The van der Waals surface area contributed by atoms with Crippen molar-refractivity contribution in [1.29, 1.82) is 5.26 Å². The fourth-order valence-electron chi connectivity index (χ4n) is 1.87. The van der Waals surface area contributed by atoms with Gasteiger partial charge < -0.3 is 4.90 Å². The molecule has 1 aromatic rings. The molecule has 98 valence electrons. The molecule has 0 atom stereocenters. The molecule has 1 rings (SSSR count). The molecular formula is C14H22N4. The number of rotatable bonds is 5. The maximum absolute atomic E-state index is 8.97. The number of anilines is 1. The highest BCUT2D eigenvalue weighted by Crippen LogP contribution is 2.14. The number of hydrogen-bond acceptors (Lipinski definition) is 4. The molecule has 0 aliphatic carbocycles. The van der Waals surface area contributed by atoms with Crippen molar-refractivity contribution >= 4 is 5.95 Å². The lowest BCUT2D eigenvalue weighted by Crippen LogP contribution is -2.33. The van der Waals surface area contributed by atoms with Gasteiger partial charge in [0.15, 0.2) is 0 Å². The van der Waals surface area contributed by atoms with Crippen molar-refractivity contribution in [3.8, 4) is 6.07 Å². The molecule has 0 spiro atoms. The first-order valence-corrected chi connectivity index (χ1v) is 6.43. The highest BCUT2D eigenvalue weighted by Gasteiger charge is 2.14. The lowest BCUT2D eigenvalue weighted by molar-refractivity contribution is 0.543. The van der Waals surface area contributed by atoms with Crippen LogP contribution >= 0.6 is 0 Å². The Labute approximate surface area is 110 Å². The Kier molecular flexibility index (Phi) is 5.08. The van der Waals surface area contributed by atoms with E-state index in [-0.39, 0.29) is 0 Å². The molecule has 0 bridgehead atoms. The van der Waals surface area contributed by atoms with E-state index < -0.39 is 0 Å². The van der Waals surface area contributed by atoms with Crippen molar-refractivity contribution in [3.05, 3.63) is 17.5 Å². The van der Waals surface area contributed by atoms with Gasteiger partial charge >= 0.3 is 0 Å². The van der Waals surface area contributed by atoms with E-state index in [9.17, 15) is 0 Å². The van der Waals surface area contributed by atoms with E-state index in [1.54, 1.807) is 6.07 Å². The Morgan fingerprint density at radius 1 is 1.17 bits per heavy atom. The van der Waals surface area contributed by atoms with Crippen LogP contribution in [0.5, 0.6) is 0 Å². The largest absolute Gasteiger partial charge is 0.340 e. The summed E-state index contributed by atoms with van der Waals surface area (Å²) in [6.07, 6.45) is 0. The normalized spacial score (nSPS) is 10.8. The summed E-state index contributed by atoms with van der Waals surface area (Å²) >= 11 is 0. The summed E-state index contributed by atoms with van der Waals surface area (Å²) in [6, 6.07) is 3.81. The third-order valence-corrected chi connectivity index (χ3v) is 2.41. The molecule has 0 aliphatic heterocycles. The van der Waals surface area contributed by atoms with E-state index in [0.717, 1.165) is 18.8 Å². The molecule has 0 N–H and O–H groups in total. The molecule has 0 saturated heterocycles. The second kappa shape index (κ2) is 6.34. The number of nitrogens with zero attached hydrogens (tertiary/aromatic N) is 4. The molecule has 4 heteroatoms. The quantitative estimate of drug-likeness (QED) is 0.801. The van der Waals surface area contributed by atoms with Crippen LogP contribution in [0.15, 0.2) is 6.07 Å². The van der Waals surface area contributed by atoms with Gasteiger partial charge in [-0.25, -0.2) is 9.97 Å². The Bertz CT molecular complexity index is 422. The zero-order chi connectivity index (χ0) is 13.7. The van der Waals surface area contributed by atoms with Gasteiger partial charge in [0, 0.05) is 18.8 Å². The maximum atomic E-state index is 8.97. The third kappa shape index (κ3) is 4.33. The zero-order valence-corrected chi connectivity index (χ0v) is 11.9. The summed E-state index contributed by atoms with van der Waals surface area (Å²) in [5.41, 5.74) is 1.28. The summed E-state index contributed by atoms with van der Waals surface area (Å²) in [7, 11) is 0. The number of nitriles is 1. The third-order valence-electron chi connectivity index (χ3n) is 2.41. The predicted octanol–water partition coefficient (Wildman–Crippen LogP) is 2.78. The van der Waals surface area contributed by atoms with Gasteiger partial charge in [0.05, 0.1) is 0 Å². The molecule has 0 saturated carbocycles. The van der Waals surface area contributed by atoms with Crippen molar-refractivity contribution in [1.82, 2.24) is 9.97 Å². The predicted molar refractivity (Wildman–Crippen MR) is 73.4 cm³/mol. The minimum atomic E-state index is 0.440. The van der Waals surface area contributed by atoms with E-state index in [4.69, 9.17) is 5.26 Å². The van der Waals surface area contributed by atoms with Gasteiger partial charge in [-0.1, -0.05) is 27.7 Å². The number of aryl methyl sites for hydroxylation is 1. The first-order valence-electron chi connectivity index (χ1n) is 6.43. The highest BCUT2D eigenvalue weighted by atomic mass is 15.3. The second-order valence-corrected chi connectivity index (χ2v) is 5.50. The maximum Gasteiger partial charge on any atom is 0.226 e. The van der Waals surface area contributed by atoms with Crippen LogP contribution in [0.3, 0.4) is 0 Å². The van der Waals surface area contributed by atoms with Crippen molar-refractivity contribution in [2.75, 3.05) is 18.0 Å². The minimum absolute atomic E-state index is 0.440. The molecule has 1 aromatic heterocycles. The average Bonchev–Trinajstić information content (AvgIpc) is 2.26. The molecule has 0 amide bonds. The molecule has 18 heavy (non-hydrogen) atoms. The van der Waals surface area contributed by atoms with E-state index in [1.165, 1.54) is 0 Å². The summed E-state index contributed by atoms with van der Waals surface area (Å²) in [5.74, 6) is 1.76. The monoisotopic (exact) mass is 246 g/mol. The van der Waals surface area contributed by atoms with Gasteiger partial charge in [-0.2, -0.15) is 5.26 Å². The smallest absolute Gasteiger partial charge is 0.226 e. The van der Waals surface area contributed by atoms with E-state index in [2.05, 4.69) is 48.6 Å². The van der Waals surface area contributed by atoms with Crippen molar-refractivity contribution in [2.24, 2.45) is 11.8 Å². The fraction of sp³-hybridized carbons (Fsp3) is 0.643. The zero-order valence-electron chi connectivity index (χ0n) is 11.9. The molecule has 0 aromatic carbocycles. The lowest BCUT2D eigenvalue weighted by atomic mass is 10.1. The van der Waals surface area contributed by atoms with Crippen molar-refractivity contribution in [2.45, 2.75) is 34.6 Å². The van der Waals surface area contributed by atoms with E-state index in [0.29, 0.717) is 23.5 Å². The fourth-order valence-corrected chi connectivity index (χ4v) is 1.87. The molecule has 0 unspecified atom stereocenters. The summed E-state index contributed by atoms with van der Waals surface area (Å²) in [5, 5.41) is 8.97. The van der Waals surface area contributed by atoms with E-state index in [1.807, 2.05) is 6.92 Å². The molecular weight excluding hydrogens is 224 g/mol. The first-order chi connectivity index (χ1) is 8.42. The summed E-state index contributed by atoms with van der Waals surface area (Å²) in [6.45, 7) is 12.4. The van der Waals surface area contributed by atoms with Crippen LogP contribution < -0.4 is 4.90 Å². The van der Waals surface area contributed by atoms with Crippen LogP contribution in [-0.2, 0) is 0 Å². The number of aromatic nitrogens is 2. The van der Waals surface area contributed by atoms with Gasteiger partial charge in [0.2, 0.25) is 5.95 Å². The Balaban J connectivity index is 3.04. The molecule has 0 aliphatic rings. The number of hydrogen-bond donors (Lipinski definition) is 0. The molecule has 0 fully saturated rings. The Hall–Kier alpha value is -1.63. The van der Waals surface area contributed by atoms with Crippen LogP contribution in [0.25, 0.3) is 0 Å². The van der Waals surface area contributed by atoms with Crippen LogP contribution in [0.4, 0.5) is 5.95 Å². The topological polar surface area (TPSA) is 52.8 Å². The second-order valence-electron chi connectivity index (χ2n) is 5.50. The van der Waals surface area contributed by atoms with E-state index >= 15 is 0 Å². The Morgan fingerprint density at radius 2 is 1.72 bits per heavy atom. The standard InChI is InChI=1S/C14H22N4/c1-10(2)8-18(9-11(3)4)14-16-12(5)6-13(7-15)17-14/h6,10-11H,8-9H2,1-5H3. The van der Waals surface area contributed by atoms with Gasteiger partial charge in [0.1, 0.15) is 11.8 Å². The molecule has 4 nitrogen and oxygen atoms in total. The first kappa shape index (κ1) is 14.4. The SMILES string of the molecule is Cc1cc(C#N)nc(N(CC(C)C)CC(C)C)n1. The molecule has 0 radical (unpaired) electrons. The van der Waals surface area contributed by atoms with Gasteiger partial charge in [-0.15, -0.1) is 0 Å². The Morgan fingerprint density at radius 3 is 2.17 bits per heavy atom. The van der Waals surface area contributed by atoms with Crippen LogP contribution in [0, 0.1) is 30.1 Å². The summed E-state index contributed by atoms with van der Waals surface area (Å²) < 4.78 is 0. The average molecular weight is 246 g/mol. The van der Waals surface area contributed by atoms with Crippen molar-refractivity contribution in [3.63, 3.8) is 0 Å². The van der Waals surface area contributed by atoms with Crippen molar-refractivity contribution < 1.29 is 0 Å². The van der Waals surface area contributed by atoms with Gasteiger partial charge in [0.25, 0.3) is 0 Å². The van der Waals surface area contributed by atoms with Gasteiger partial charge in [-0.3, -0.25) is 0 Å². The van der Waals surface area contributed by atoms with Crippen LogP contribution in [0.1, 0.15) is 39.1 Å². The van der Waals surface area contributed by atoms with Crippen LogP contribution in [-0.4, -0.2) is 23.1 Å². The summed E-state index contributed by atoms with van der Waals surface area (Å²) in [4.78, 5) is 10.9.